The molecule has 6 heteroatoms. The van der Waals surface area contributed by atoms with E-state index in [-0.39, 0.29) is 24.3 Å². The fourth-order valence-electron chi connectivity index (χ4n) is 3.55. The molecule has 28 heavy (non-hydrogen) atoms. The summed E-state index contributed by atoms with van der Waals surface area (Å²) in [5, 5.41) is 2.78. The standard InChI is InChI=1S/C22H35N3O3/c1-5-6-7-10-28-22-21(27)24-8-9-25(22)20(26)14-19(23)13-18-12-16(3)15(2)11-17(18)4/h11-12,19,22H,5-10,13-14,23H2,1-4H3,(H,24,27)/t19-,22?/m0/s1. The van der Waals surface area contributed by atoms with E-state index in [2.05, 4.69) is 45.1 Å². The Morgan fingerprint density at radius 1 is 1.25 bits per heavy atom. The third kappa shape index (κ3) is 6.04. The van der Waals surface area contributed by atoms with Crippen LogP contribution in [0.4, 0.5) is 0 Å². The number of carbonyl (C=O) groups excluding carboxylic acids is 2. The average Bonchev–Trinajstić information content (AvgIpc) is 2.64. The summed E-state index contributed by atoms with van der Waals surface area (Å²) in [6.07, 6.45) is 3.01. The molecule has 0 saturated carbocycles. The zero-order valence-electron chi connectivity index (χ0n) is 17.7. The highest BCUT2D eigenvalue weighted by Crippen LogP contribution is 2.18. The molecule has 1 aliphatic rings. The maximum atomic E-state index is 12.8. The van der Waals surface area contributed by atoms with Crippen LogP contribution in [0.5, 0.6) is 0 Å². The number of hydrogen-bond donors (Lipinski definition) is 2. The number of amides is 2. The minimum atomic E-state index is -0.839. The van der Waals surface area contributed by atoms with Crippen LogP contribution in [0, 0.1) is 20.8 Å². The molecule has 1 saturated heterocycles. The zero-order valence-corrected chi connectivity index (χ0v) is 17.7. The lowest BCUT2D eigenvalue weighted by Gasteiger charge is -2.35. The second-order valence-electron chi connectivity index (χ2n) is 7.84. The molecule has 1 fully saturated rings. The Kier molecular flexibility index (Phi) is 8.45. The van der Waals surface area contributed by atoms with Crippen molar-refractivity contribution in [1.82, 2.24) is 10.2 Å². The molecule has 2 amide bonds. The summed E-state index contributed by atoms with van der Waals surface area (Å²) in [4.78, 5) is 26.6. The van der Waals surface area contributed by atoms with Crippen molar-refractivity contribution in [3.05, 3.63) is 34.4 Å². The summed E-state index contributed by atoms with van der Waals surface area (Å²) in [5.74, 6) is -0.362. The van der Waals surface area contributed by atoms with Gasteiger partial charge in [0.15, 0.2) is 0 Å². The monoisotopic (exact) mass is 389 g/mol. The van der Waals surface area contributed by atoms with Crippen molar-refractivity contribution in [2.75, 3.05) is 19.7 Å². The van der Waals surface area contributed by atoms with Crippen LogP contribution in [0.25, 0.3) is 0 Å². The van der Waals surface area contributed by atoms with Gasteiger partial charge in [-0.05, 0) is 55.9 Å². The van der Waals surface area contributed by atoms with E-state index in [0.717, 1.165) is 19.3 Å². The number of hydrogen-bond acceptors (Lipinski definition) is 4. The molecular weight excluding hydrogens is 354 g/mol. The lowest BCUT2D eigenvalue weighted by Crippen LogP contribution is -2.58. The first kappa shape index (κ1) is 22.4. The number of piperazine rings is 1. The van der Waals surface area contributed by atoms with Crippen LogP contribution < -0.4 is 11.1 Å². The quantitative estimate of drug-likeness (QED) is 0.635. The van der Waals surface area contributed by atoms with Crippen LogP contribution in [0.3, 0.4) is 0 Å². The number of nitrogens with one attached hydrogen (secondary N) is 1. The van der Waals surface area contributed by atoms with E-state index < -0.39 is 6.23 Å². The van der Waals surface area contributed by atoms with Crippen molar-refractivity contribution in [2.45, 2.75) is 72.1 Å². The Balaban J connectivity index is 1.96. The second-order valence-corrected chi connectivity index (χ2v) is 7.84. The molecule has 1 unspecified atom stereocenters. The van der Waals surface area contributed by atoms with Crippen molar-refractivity contribution in [3.63, 3.8) is 0 Å². The maximum Gasteiger partial charge on any atom is 0.270 e. The van der Waals surface area contributed by atoms with Crippen LogP contribution in [0.2, 0.25) is 0 Å². The van der Waals surface area contributed by atoms with Gasteiger partial charge in [-0.25, -0.2) is 0 Å². The lowest BCUT2D eigenvalue weighted by atomic mass is 9.95. The predicted molar refractivity (Wildman–Crippen MR) is 111 cm³/mol. The Morgan fingerprint density at radius 2 is 1.96 bits per heavy atom. The number of aryl methyl sites for hydroxylation is 3. The van der Waals surface area contributed by atoms with Gasteiger partial charge in [-0.15, -0.1) is 0 Å². The first-order chi connectivity index (χ1) is 13.3. The first-order valence-electron chi connectivity index (χ1n) is 10.3. The molecule has 0 bridgehead atoms. The molecular formula is C22H35N3O3. The van der Waals surface area contributed by atoms with Crippen LogP contribution in [-0.4, -0.2) is 48.7 Å². The van der Waals surface area contributed by atoms with Crippen LogP contribution >= 0.6 is 0 Å². The van der Waals surface area contributed by atoms with E-state index >= 15 is 0 Å². The van der Waals surface area contributed by atoms with Gasteiger partial charge in [-0.1, -0.05) is 31.9 Å². The molecule has 0 radical (unpaired) electrons. The molecule has 2 rings (SSSR count). The number of ether oxygens (including phenoxy) is 1. The predicted octanol–water partition coefficient (Wildman–Crippen LogP) is 2.36. The maximum absolute atomic E-state index is 12.8. The number of unbranched alkanes of at least 4 members (excludes halogenated alkanes) is 2. The third-order valence-corrected chi connectivity index (χ3v) is 5.37. The largest absolute Gasteiger partial charge is 0.350 e. The van der Waals surface area contributed by atoms with E-state index in [1.54, 1.807) is 0 Å². The molecule has 6 nitrogen and oxygen atoms in total. The molecule has 2 atom stereocenters. The number of rotatable bonds is 9. The van der Waals surface area contributed by atoms with Gasteiger partial charge in [0.25, 0.3) is 5.91 Å². The SMILES string of the molecule is CCCCCOC1C(=O)NCCN1C(=O)C[C@@H](N)Cc1cc(C)c(C)cc1C. The van der Waals surface area contributed by atoms with Crippen molar-refractivity contribution in [3.8, 4) is 0 Å². The molecule has 1 aromatic rings. The number of nitrogens with two attached hydrogens (primary N) is 1. The van der Waals surface area contributed by atoms with Gasteiger partial charge < -0.3 is 20.7 Å². The highest BCUT2D eigenvalue weighted by molar-refractivity contribution is 5.88. The van der Waals surface area contributed by atoms with Gasteiger partial charge in [0.1, 0.15) is 0 Å². The van der Waals surface area contributed by atoms with E-state index in [0.29, 0.717) is 26.1 Å². The lowest BCUT2D eigenvalue weighted by molar-refractivity contribution is -0.164. The molecule has 1 aromatic carbocycles. The molecule has 156 valence electrons. The number of benzene rings is 1. The average molecular weight is 390 g/mol. The molecule has 0 spiro atoms. The number of carbonyl (C=O) groups is 2. The third-order valence-electron chi connectivity index (χ3n) is 5.37. The summed E-state index contributed by atoms with van der Waals surface area (Å²) < 4.78 is 5.73. The van der Waals surface area contributed by atoms with E-state index in [9.17, 15) is 9.59 Å². The zero-order chi connectivity index (χ0) is 20.7. The van der Waals surface area contributed by atoms with Crippen molar-refractivity contribution in [2.24, 2.45) is 5.73 Å². The summed E-state index contributed by atoms with van der Waals surface area (Å²) in [6, 6.07) is 4.02. The normalized spacial score (nSPS) is 18.1. The second kappa shape index (κ2) is 10.6. The number of nitrogens with zero attached hydrogens (tertiary/aromatic N) is 1. The summed E-state index contributed by atoms with van der Waals surface area (Å²) in [6.45, 7) is 9.75. The van der Waals surface area contributed by atoms with Crippen LogP contribution in [0.1, 0.15) is 54.9 Å². The summed E-state index contributed by atoms with van der Waals surface area (Å²) >= 11 is 0. The smallest absolute Gasteiger partial charge is 0.270 e. The Morgan fingerprint density at radius 3 is 2.68 bits per heavy atom. The Bertz CT molecular complexity index is 690. The molecule has 3 N–H and O–H groups in total. The van der Waals surface area contributed by atoms with Crippen LogP contribution in [-0.2, 0) is 20.7 Å². The van der Waals surface area contributed by atoms with Gasteiger partial charge in [0, 0.05) is 32.2 Å². The first-order valence-corrected chi connectivity index (χ1v) is 10.3. The molecule has 1 aliphatic heterocycles. The van der Waals surface area contributed by atoms with Gasteiger partial charge in [0.2, 0.25) is 12.1 Å². The van der Waals surface area contributed by atoms with Gasteiger partial charge >= 0.3 is 0 Å². The summed E-state index contributed by atoms with van der Waals surface area (Å²) in [5.41, 5.74) is 11.2. The van der Waals surface area contributed by atoms with Gasteiger partial charge in [-0.2, -0.15) is 0 Å². The van der Waals surface area contributed by atoms with Crippen LogP contribution in [0.15, 0.2) is 12.1 Å². The van der Waals surface area contributed by atoms with Gasteiger partial charge in [0.05, 0.1) is 0 Å². The highest BCUT2D eigenvalue weighted by Gasteiger charge is 2.34. The highest BCUT2D eigenvalue weighted by atomic mass is 16.5. The van der Waals surface area contributed by atoms with Crippen molar-refractivity contribution < 1.29 is 14.3 Å². The Hall–Kier alpha value is -1.92. The molecule has 0 aliphatic carbocycles. The fraction of sp³-hybridized carbons (Fsp3) is 0.636. The minimum Gasteiger partial charge on any atom is -0.350 e. The van der Waals surface area contributed by atoms with Crippen molar-refractivity contribution in [1.29, 1.82) is 0 Å². The molecule has 1 heterocycles. The molecule has 0 aromatic heterocycles. The topological polar surface area (TPSA) is 84.7 Å². The van der Waals surface area contributed by atoms with E-state index in [4.69, 9.17) is 10.5 Å². The minimum absolute atomic E-state index is 0.121. The summed E-state index contributed by atoms with van der Waals surface area (Å²) in [7, 11) is 0. The van der Waals surface area contributed by atoms with Gasteiger partial charge in [-0.3, -0.25) is 9.59 Å². The van der Waals surface area contributed by atoms with E-state index in [1.807, 2.05) is 0 Å². The van der Waals surface area contributed by atoms with Crippen molar-refractivity contribution >= 4 is 11.8 Å². The van der Waals surface area contributed by atoms with E-state index in [1.165, 1.54) is 27.2 Å². The Labute approximate surface area is 168 Å². The fourth-order valence-corrected chi connectivity index (χ4v) is 3.55.